The number of carbonyl (C=O) groups excluding carboxylic acids is 2. The number of amides is 2. The molecule has 0 bridgehead atoms. The lowest BCUT2D eigenvalue weighted by Gasteiger charge is -2.30. The zero-order valence-electron chi connectivity index (χ0n) is 20.7. The Kier molecular flexibility index (Phi) is 8.74. The van der Waals surface area contributed by atoms with Gasteiger partial charge >= 0.3 is 0 Å². The van der Waals surface area contributed by atoms with E-state index in [0.29, 0.717) is 44.0 Å². The van der Waals surface area contributed by atoms with Crippen LogP contribution in [0.3, 0.4) is 0 Å². The molecule has 0 saturated heterocycles. The summed E-state index contributed by atoms with van der Waals surface area (Å²) in [6, 6.07) is 25.7. The van der Waals surface area contributed by atoms with Crippen molar-refractivity contribution in [2.45, 2.75) is 12.8 Å². The number of halogens is 1. The molecule has 2 amide bonds. The number of rotatable bonds is 8. The number of para-hydroxylation sites is 3. The number of benzene rings is 3. The van der Waals surface area contributed by atoms with Gasteiger partial charge in [-0.2, -0.15) is 5.26 Å². The molecule has 0 aromatic heterocycles. The number of hydrogen-bond acceptors (Lipinski definition) is 6. The largest absolute Gasteiger partial charge is 0.495 e. The van der Waals surface area contributed by atoms with E-state index in [0.717, 1.165) is 5.56 Å². The van der Waals surface area contributed by atoms with Crippen LogP contribution in [0.15, 0.2) is 101 Å². The van der Waals surface area contributed by atoms with E-state index in [4.69, 9.17) is 16.3 Å². The first-order chi connectivity index (χ1) is 18.4. The third-order valence-electron chi connectivity index (χ3n) is 5.88. The Hall–Kier alpha value is -4.19. The summed E-state index contributed by atoms with van der Waals surface area (Å²) in [6.45, 7) is 1.78. The van der Waals surface area contributed by atoms with Crippen LogP contribution in [-0.2, 0) is 9.59 Å². The molecule has 1 aliphatic heterocycles. The molecule has 7 nitrogen and oxygen atoms in total. The normalized spacial score (nSPS) is 14.8. The van der Waals surface area contributed by atoms with E-state index in [1.807, 2.05) is 36.4 Å². The summed E-state index contributed by atoms with van der Waals surface area (Å²) in [5, 5.41) is 20.1. The van der Waals surface area contributed by atoms with Crippen LogP contribution in [0, 0.1) is 11.3 Å². The molecular formula is C29H25ClN4O3S. The number of thioether (sulfide) groups is 1. The highest BCUT2D eigenvalue weighted by molar-refractivity contribution is 8.03. The number of dihydropyridines is 1. The van der Waals surface area contributed by atoms with E-state index in [9.17, 15) is 14.9 Å². The van der Waals surface area contributed by atoms with Crippen molar-refractivity contribution in [3.63, 3.8) is 0 Å². The Morgan fingerprint density at radius 3 is 2.34 bits per heavy atom. The van der Waals surface area contributed by atoms with Crippen LogP contribution in [0.25, 0.3) is 0 Å². The van der Waals surface area contributed by atoms with Gasteiger partial charge in [-0.3, -0.25) is 9.59 Å². The fourth-order valence-electron chi connectivity index (χ4n) is 4.13. The van der Waals surface area contributed by atoms with Crippen molar-refractivity contribution in [3.8, 4) is 11.8 Å². The number of nitrogens with zero attached hydrogens (tertiary/aromatic N) is 1. The lowest BCUT2D eigenvalue weighted by molar-refractivity contribution is -0.114. The summed E-state index contributed by atoms with van der Waals surface area (Å²) in [4.78, 5) is 26.3. The predicted molar refractivity (Wildman–Crippen MR) is 152 cm³/mol. The molecule has 3 N–H and O–H groups in total. The Morgan fingerprint density at radius 1 is 1.00 bits per heavy atom. The van der Waals surface area contributed by atoms with E-state index in [2.05, 4.69) is 22.0 Å². The zero-order valence-corrected chi connectivity index (χ0v) is 22.3. The minimum atomic E-state index is -0.633. The number of methoxy groups -OCH3 is 1. The highest BCUT2D eigenvalue weighted by Crippen LogP contribution is 2.41. The van der Waals surface area contributed by atoms with Crippen LogP contribution < -0.4 is 20.7 Å². The molecule has 0 aliphatic carbocycles. The van der Waals surface area contributed by atoms with Gasteiger partial charge < -0.3 is 20.7 Å². The van der Waals surface area contributed by atoms with Crippen molar-refractivity contribution >= 4 is 46.6 Å². The standard InChI is InChI=1S/C29H25ClN4O3S/c1-18-26(28(36)34-23-14-8-9-15-24(23)37-2)27(19-10-4-3-5-11-19)20(16-31)29(32-18)38-17-25(35)33-22-13-7-6-12-21(22)30/h3-15,27,32H,17H2,1-2H3,(H,33,35)(H,34,36)/t27-/m0/s1. The van der Waals surface area contributed by atoms with E-state index in [1.54, 1.807) is 49.4 Å². The van der Waals surface area contributed by atoms with Gasteiger partial charge in [0.15, 0.2) is 0 Å². The molecule has 1 heterocycles. The number of carbonyl (C=O) groups is 2. The molecule has 3 aromatic carbocycles. The summed E-state index contributed by atoms with van der Waals surface area (Å²) in [5.41, 5.74) is 3.16. The Morgan fingerprint density at radius 2 is 1.66 bits per heavy atom. The van der Waals surface area contributed by atoms with Crippen molar-refractivity contribution in [1.29, 1.82) is 5.26 Å². The average molecular weight is 545 g/mol. The van der Waals surface area contributed by atoms with Crippen LogP contribution in [-0.4, -0.2) is 24.7 Å². The van der Waals surface area contributed by atoms with Crippen molar-refractivity contribution in [1.82, 2.24) is 5.32 Å². The molecule has 9 heteroatoms. The van der Waals surface area contributed by atoms with Crippen LogP contribution in [0.5, 0.6) is 5.75 Å². The smallest absolute Gasteiger partial charge is 0.254 e. The topological polar surface area (TPSA) is 103 Å². The zero-order chi connectivity index (χ0) is 27.1. The van der Waals surface area contributed by atoms with Crippen LogP contribution in [0.4, 0.5) is 11.4 Å². The Bertz CT molecular complexity index is 1460. The van der Waals surface area contributed by atoms with Gasteiger partial charge in [0.1, 0.15) is 5.75 Å². The molecule has 1 atom stereocenters. The van der Waals surface area contributed by atoms with Gasteiger partial charge in [-0.25, -0.2) is 0 Å². The highest BCUT2D eigenvalue weighted by Gasteiger charge is 2.35. The maximum atomic E-state index is 13.6. The fraction of sp³-hybridized carbons (Fsp3) is 0.138. The summed E-state index contributed by atoms with van der Waals surface area (Å²) in [5.74, 6) is -0.702. The Balaban J connectivity index is 1.63. The number of hydrogen-bond donors (Lipinski definition) is 3. The predicted octanol–water partition coefficient (Wildman–Crippen LogP) is 6.06. The van der Waals surface area contributed by atoms with E-state index in [-0.39, 0.29) is 17.6 Å². The summed E-state index contributed by atoms with van der Waals surface area (Å²) in [6.07, 6.45) is 0. The van der Waals surface area contributed by atoms with Gasteiger partial charge in [-0.05, 0) is 36.8 Å². The van der Waals surface area contributed by atoms with Gasteiger partial charge in [-0.1, -0.05) is 78.0 Å². The molecule has 1 aliphatic rings. The maximum Gasteiger partial charge on any atom is 0.254 e. The van der Waals surface area contributed by atoms with Crippen LogP contribution in [0.2, 0.25) is 5.02 Å². The minimum Gasteiger partial charge on any atom is -0.495 e. The third kappa shape index (κ3) is 6.02. The summed E-state index contributed by atoms with van der Waals surface area (Å²) >= 11 is 7.35. The first kappa shape index (κ1) is 26.9. The van der Waals surface area contributed by atoms with Gasteiger partial charge in [-0.15, -0.1) is 0 Å². The first-order valence-corrected chi connectivity index (χ1v) is 13.1. The quantitative estimate of drug-likeness (QED) is 0.319. The molecule has 0 fully saturated rings. The minimum absolute atomic E-state index is 0.0380. The fourth-order valence-corrected chi connectivity index (χ4v) is 5.21. The molecule has 38 heavy (non-hydrogen) atoms. The number of allylic oxidation sites excluding steroid dienone is 2. The van der Waals surface area contributed by atoms with E-state index in [1.165, 1.54) is 18.9 Å². The van der Waals surface area contributed by atoms with Crippen molar-refractivity contribution in [2.75, 3.05) is 23.5 Å². The number of ether oxygens (including phenoxy) is 1. The molecule has 3 aromatic rings. The highest BCUT2D eigenvalue weighted by atomic mass is 35.5. The van der Waals surface area contributed by atoms with Crippen LogP contribution >= 0.6 is 23.4 Å². The first-order valence-electron chi connectivity index (χ1n) is 11.7. The third-order valence-corrected chi connectivity index (χ3v) is 7.22. The molecular weight excluding hydrogens is 520 g/mol. The van der Waals surface area contributed by atoms with Crippen molar-refractivity contribution < 1.29 is 14.3 Å². The maximum absolute atomic E-state index is 13.6. The van der Waals surface area contributed by atoms with Gasteiger partial charge in [0.2, 0.25) is 5.91 Å². The molecule has 192 valence electrons. The van der Waals surface area contributed by atoms with Gasteiger partial charge in [0, 0.05) is 11.3 Å². The Labute approximate surface area is 230 Å². The second-order valence-electron chi connectivity index (χ2n) is 8.33. The van der Waals surface area contributed by atoms with Crippen molar-refractivity contribution in [2.24, 2.45) is 0 Å². The molecule has 0 radical (unpaired) electrons. The lowest BCUT2D eigenvalue weighted by Crippen LogP contribution is -2.31. The average Bonchev–Trinajstić information content (AvgIpc) is 2.93. The number of nitriles is 1. The molecule has 0 unspecified atom stereocenters. The summed E-state index contributed by atoms with van der Waals surface area (Å²) < 4.78 is 5.38. The number of nitrogens with one attached hydrogen (secondary N) is 3. The lowest BCUT2D eigenvalue weighted by atomic mass is 9.82. The van der Waals surface area contributed by atoms with Gasteiger partial charge in [0.25, 0.3) is 5.91 Å². The summed E-state index contributed by atoms with van der Waals surface area (Å²) in [7, 11) is 1.53. The molecule has 0 saturated carbocycles. The second-order valence-corrected chi connectivity index (χ2v) is 9.73. The molecule has 0 spiro atoms. The van der Waals surface area contributed by atoms with E-state index >= 15 is 0 Å². The van der Waals surface area contributed by atoms with E-state index < -0.39 is 5.92 Å². The molecule has 4 rings (SSSR count). The van der Waals surface area contributed by atoms with Gasteiger partial charge in [0.05, 0.1) is 51.8 Å². The van der Waals surface area contributed by atoms with Crippen LogP contribution in [0.1, 0.15) is 18.4 Å². The SMILES string of the molecule is COc1ccccc1NC(=O)C1=C(C)NC(SCC(=O)Nc2ccccc2Cl)=C(C#N)[C@@H]1c1ccccc1. The van der Waals surface area contributed by atoms with Crippen molar-refractivity contribution in [3.05, 3.63) is 111 Å². The second kappa shape index (κ2) is 12.4. The number of anilines is 2. The monoisotopic (exact) mass is 544 g/mol.